The lowest BCUT2D eigenvalue weighted by molar-refractivity contribution is -0.177. The Kier molecular flexibility index (Phi) is 3.75. The van der Waals surface area contributed by atoms with Crippen LogP contribution in [0.3, 0.4) is 0 Å². The molecule has 106 valence electrons. The smallest absolute Gasteiger partial charge is 0.168 e. The average molecular weight is 265 g/mol. The van der Waals surface area contributed by atoms with Crippen LogP contribution in [0.2, 0.25) is 0 Å². The summed E-state index contributed by atoms with van der Waals surface area (Å²) >= 11 is 0. The number of aryl methyl sites for hydroxylation is 1. The Morgan fingerprint density at radius 2 is 2.11 bits per heavy atom. The van der Waals surface area contributed by atoms with Crippen LogP contribution in [-0.2, 0) is 16.0 Å². The zero-order valence-electron chi connectivity index (χ0n) is 11.6. The second kappa shape index (κ2) is 5.51. The molecule has 3 rings (SSSR count). The third kappa shape index (κ3) is 2.92. The van der Waals surface area contributed by atoms with Crippen LogP contribution < -0.4 is 5.32 Å². The van der Waals surface area contributed by atoms with E-state index in [-0.39, 0.29) is 5.79 Å². The molecular weight excluding hydrogens is 242 g/mol. The SMILES string of the molecule is CCCn1cc(NC2CCC3(CC2)OCCO3)cn1. The van der Waals surface area contributed by atoms with E-state index in [9.17, 15) is 0 Å². The number of aromatic nitrogens is 2. The van der Waals surface area contributed by atoms with Crippen LogP contribution >= 0.6 is 0 Å². The molecule has 1 spiro atoms. The van der Waals surface area contributed by atoms with Crippen molar-refractivity contribution in [2.45, 2.75) is 57.4 Å². The quantitative estimate of drug-likeness (QED) is 0.908. The average Bonchev–Trinajstić information content (AvgIpc) is 3.04. The van der Waals surface area contributed by atoms with E-state index < -0.39 is 0 Å². The predicted octanol–water partition coefficient (Wildman–Crippen LogP) is 2.39. The summed E-state index contributed by atoms with van der Waals surface area (Å²) in [5.74, 6) is -0.259. The normalized spacial score (nSPS) is 23.0. The Bertz CT molecular complexity index is 403. The molecule has 0 aromatic carbocycles. The summed E-state index contributed by atoms with van der Waals surface area (Å²) in [7, 11) is 0. The second-order valence-corrected chi connectivity index (χ2v) is 5.52. The number of hydrogen-bond acceptors (Lipinski definition) is 4. The third-order valence-corrected chi connectivity index (χ3v) is 4.02. The first kappa shape index (κ1) is 12.9. The van der Waals surface area contributed by atoms with Crippen molar-refractivity contribution in [3.05, 3.63) is 12.4 Å². The van der Waals surface area contributed by atoms with Crippen molar-refractivity contribution >= 4 is 5.69 Å². The van der Waals surface area contributed by atoms with Gasteiger partial charge in [0.25, 0.3) is 0 Å². The van der Waals surface area contributed by atoms with E-state index in [1.54, 1.807) is 0 Å². The number of anilines is 1. The molecule has 5 nitrogen and oxygen atoms in total. The molecule has 19 heavy (non-hydrogen) atoms. The highest BCUT2D eigenvalue weighted by Gasteiger charge is 2.40. The van der Waals surface area contributed by atoms with Crippen LogP contribution in [0.4, 0.5) is 5.69 Å². The van der Waals surface area contributed by atoms with E-state index in [4.69, 9.17) is 9.47 Å². The maximum absolute atomic E-state index is 5.75. The van der Waals surface area contributed by atoms with Crippen molar-refractivity contribution < 1.29 is 9.47 Å². The van der Waals surface area contributed by atoms with Gasteiger partial charge in [0.15, 0.2) is 5.79 Å². The Morgan fingerprint density at radius 1 is 1.37 bits per heavy atom. The maximum Gasteiger partial charge on any atom is 0.168 e. The lowest BCUT2D eigenvalue weighted by Gasteiger charge is -2.35. The second-order valence-electron chi connectivity index (χ2n) is 5.52. The molecule has 0 radical (unpaired) electrons. The van der Waals surface area contributed by atoms with Gasteiger partial charge in [-0.2, -0.15) is 5.10 Å². The van der Waals surface area contributed by atoms with E-state index in [0.717, 1.165) is 57.6 Å². The van der Waals surface area contributed by atoms with Crippen LogP contribution in [-0.4, -0.2) is 34.8 Å². The molecule has 2 heterocycles. The van der Waals surface area contributed by atoms with Gasteiger partial charge in [-0.1, -0.05) is 6.92 Å². The summed E-state index contributed by atoms with van der Waals surface area (Å²) in [4.78, 5) is 0. The first-order chi connectivity index (χ1) is 9.30. The minimum atomic E-state index is -0.259. The molecule has 5 heteroatoms. The highest BCUT2D eigenvalue weighted by molar-refractivity contribution is 5.39. The third-order valence-electron chi connectivity index (χ3n) is 4.02. The van der Waals surface area contributed by atoms with Gasteiger partial charge in [0.1, 0.15) is 0 Å². The topological polar surface area (TPSA) is 48.3 Å². The molecule has 1 N–H and O–H groups in total. The van der Waals surface area contributed by atoms with E-state index in [0.29, 0.717) is 6.04 Å². The minimum Gasteiger partial charge on any atom is -0.380 e. The fraction of sp³-hybridized carbons (Fsp3) is 0.786. The summed E-state index contributed by atoms with van der Waals surface area (Å²) in [5, 5.41) is 7.92. The van der Waals surface area contributed by atoms with Gasteiger partial charge in [0.05, 0.1) is 25.1 Å². The van der Waals surface area contributed by atoms with Crippen molar-refractivity contribution in [3.63, 3.8) is 0 Å². The summed E-state index contributed by atoms with van der Waals surface area (Å²) < 4.78 is 13.5. The number of nitrogens with one attached hydrogen (secondary N) is 1. The van der Waals surface area contributed by atoms with Gasteiger partial charge in [0.2, 0.25) is 0 Å². The van der Waals surface area contributed by atoms with E-state index in [2.05, 4.69) is 23.5 Å². The Balaban J connectivity index is 1.51. The van der Waals surface area contributed by atoms with Crippen LogP contribution in [0.1, 0.15) is 39.0 Å². The Morgan fingerprint density at radius 3 is 2.79 bits per heavy atom. The highest BCUT2D eigenvalue weighted by atomic mass is 16.7. The van der Waals surface area contributed by atoms with Crippen molar-refractivity contribution in [1.29, 1.82) is 0 Å². The van der Waals surface area contributed by atoms with Gasteiger partial charge in [-0.05, 0) is 19.3 Å². The molecule has 0 bridgehead atoms. The standard InChI is InChI=1S/C14H23N3O2/c1-2-7-17-11-13(10-15-17)16-12-3-5-14(6-4-12)18-8-9-19-14/h10-12,16H,2-9H2,1H3. The molecule has 1 aromatic rings. The fourth-order valence-corrected chi connectivity index (χ4v) is 3.01. The van der Waals surface area contributed by atoms with Crippen molar-refractivity contribution in [3.8, 4) is 0 Å². The van der Waals surface area contributed by atoms with Gasteiger partial charge in [-0.15, -0.1) is 0 Å². The van der Waals surface area contributed by atoms with E-state index in [1.165, 1.54) is 0 Å². The molecule has 0 amide bonds. The lowest BCUT2D eigenvalue weighted by atomic mass is 9.90. The first-order valence-corrected chi connectivity index (χ1v) is 7.36. The number of rotatable bonds is 4. The van der Waals surface area contributed by atoms with Crippen molar-refractivity contribution in [1.82, 2.24) is 9.78 Å². The fourth-order valence-electron chi connectivity index (χ4n) is 3.01. The first-order valence-electron chi connectivity index (χ1n) is 7.36. The maximum atomic E-state index is 5.75. The van der Waals surface area contributed by atoms with Gasteiger partial charge in [0, 0.05) is 31.6 Å². The van der Waals surface area contributed by atoms with E-state index >= 15 is 0 Å². The van der Waals surface area contributed by atoms with Gasteiger partial charge in [-0.25, -0.2) is 0 Å². The number of ether oxygens (including phenoxy) is 2. The van der Waals surface area contributed by atoms with Crippen LogP contribution in [0, 0.1) is 0 Å². The van der Waals surface area contributed by atoms with E-state index in [1.807, 2.05) is 10.9 Å². The lowest BCUT2D eigenvalue weighted by Crippen LogP contribution is -2.39. The summed E-state index contributed by atoms with van der Waals surface area (Å²) in [6.45, 7) is 4.65. The highest BCUT2D eigenvalue weighted by Crippen LogP contribution is 2.36. The van der Waals surface area contributed by atoms with Gasteiger partial charge in [-0.3, -0.25) is 4.68 Å². The van der Waals surface area contributed by atoms with Crippen LogP contribution in [0.15, 0.2) is 12.4 Å². The molecule has 0 atom stereocenters. The van der Waals surface area contributed by atoms with Crippen LogP contribution in [0.25, 0.3) is 0 Å². The molecular formula is C14H23N3O2. The summed E-state index contributed by atoms with van der Waals surface area (Å²) in [6, 6.07) is 0.512. The molecule has 1 aromatic heterocycles. The largest absolute Gasteiger partial charge is 0.380 e. The molecule has 1 aliphatic heterocycles. The summed E-state index contributed by atoms with van der Waals surface area (Å²) in [5.41, 5.74) is 1.13. The zero-order chi connectivity index (χ0) is 13.1. The predicted molar refractivity (Wildman–Crippen MR) is 73.0 cm³/mol. The van der Waals surface area contributed by atoms with Gasteiger partial charge >= 0.3 is 0 Å². The summed E-state index contributed by atoms with van der Waals surface area (Å²) in [6.07, 6.45) is 9.31. The molecule has 1 aliphatic carbocycles. The zero-order valence-corrected chi connectivity index (χ0v) is 11.6. The van der Waals surface area contributed by atoms with Crippen molar-refractivity contribution in [2.75, 3.05) is 18.5 Å². The monoisotopic (exact) mass is 265 g/mol. The minimum absolute atomic E-state index is 0.259. The molecule has 2 fully saturated rings. The Hall–Kier alpha value is -1.07. The Labute approximate surface area is 114 Å². The van der Waals surface area contributed by atoms with Crippen LogP contribution in [0.5, 0.6) is 0 Å². The molecule has 0 unspecified atom stereocenters. The van der Waals surface area contributed by atoms with Gasteiger partial charge < -0.3 is 14.8 Å². The molecule has 2 aliphatic rings. The number of hydrogen-bond donors (Lipinski definition) is 1. The molecule has 1 saturated heterocycles. The molecule has 1 saturated carbocycles. The number of nitrogens with zero attached hydrogens (tertiary/aromatic N) is 2. The van der Waals surface area contributed by atoms with Crippen molar-refractivity contribution in [2.24, 2.45) is 0 Å².